The number of hydrogen-bond acceptors (Lipinski definition) is 3. The lowest BCUT2D eigenvalue weighted by Gasteiger charge is -2.23. The van der Waals surface area contributed by atoms with Gasteiger partial charge in [0, 0.05) is 6.04 Å². The molecule has 1 unspecified atom stereocenters. The third-order valence-corrected chi connectivity index (χ3v) is 2.23. The summed E-state index contributed by atoms with van der Waals surface area (Å²) < 4.78 is 0. The van der Waals surface area contributed by atoms with E-state index in [0.717, 1.165) is 25.7 Å². The third kappa shape index (κ3) is 2.79. The molecular formula is C8H15NO3. The third-order valence-electron chi connectivity index (χ3n) is 2.23. The van der Waals surface area contributed by atoms with Gasteiger partial charge in [0.1, 0.15) is 0 Å². The van der Waals surface area contributed by atoms with Crippen molar-refractivity contribution in [2.75, 3.05) is 0 Å². The molecule has 1 saturated carbocycles. The van der Waals surface area contributed by atoms with Crippen LogP contribution in [0.15, 0.2) is 0 Å². The quantitative estimate of drug-likeness (QED) is 0.537. The summed E-state index contributed by atoms with van der Waals surface area (Å²) in [6, 6.07) is 0.185. The Kier molecular flexibility index (Phi) is 3.49. The fourth-order valence-corrected chi connectivity index (χ4v) is 1.56. The van der Waals surface area contributed by atoms with Crippen molar-refractivity contribution in [3.63, 3.8) is 0 Å². The lowest BCUT2D eigenvalue weighted by molar-refractivity contribution is -0.149. The van der Waals surface area contributed by atoms with Gasteiger partial charge < -0.3 is 10.2 Å². The maximum atomic E-state index is 10.3. The molecule has 0 aromatic rings. The number of carbonyl (C=O) groups is 1. The number of nitrogens with one attached hydrogen (secondary N) is 1. The Balaban J connectivity index is 2.24. The van der Waals surface area contributed by atoms with Crippen molar-refractivity contribution in [3.8, 4) is 0 Å². The van der Waals surface area contributed by atoms with Crippen LogP contribution in [0.25, 0.3) is 0 Å². The molecular weight excluding hydrogens is 158 g/mol. The van der Waals surface area contributed by atoms with E-state index in [1.807, 2.05) is 0 Å². The molecule has 0 radical (unpaired) electrons. The zero-order valence-electron chi connectivity index (χ0n) is 6.99. The van der Waals surface area contributed by atoms with Gasteiger partial charge in [-0.3, -0.25) is 5.32 Å². The van der Waals surface area contributed by atoms with Crippen LogP contribution in [-0.2, 0) is 4.79 Å². The Hall–Kier alpha value is -0.610. The molecule has 3 N–H and O–H groups in total. The van der Waals surface area contributed by atoms with Crippen LogP contribution < -0.4 is 5.32 Å². The minimum Gasteiger partial charge on any atom is -0.478 e. The summed E-state index contributed by atoms with van der Waals surface area (Å²) in [5.41, 5.74) is 0. The molecule has 70 valence electrons. The number of aliphatic hydroxyl groups excluding tert-OH is 1. The van der Waals surface area contributed by atoms with Gasteiger partial charge in [-0.1, -0.05) is 19.3 Å². The second-order valence-corrected chi connectivity index (χ2v) is 3.24. The molecule has 1 aliphatic rings. The second-order valence-electron chi connectivity index (χ2n) is 3.24. The average molecular weight is 173 g/mol. The zero-order chi connectivity index (χ0) is 8.97. The van der Waals surface area contributed by atoms with E-state index in [0.29, 0.717) is 0 Å². The average Bonchev–Trinajstić information content (AvgIpc) is 2.06. The van der Waals surface area contributed by atoms with Gasteiger partial charge in [0.05, 0.1) is 0 Å². The first-order valence-electron chi connectivity index (χ1n) is 4.37. The van der Waals surface area contributed by atoms with Crippen molar-refractivity contribution in [1.82, 2.24) is 5.32 Å². The van der Waals surface area contributed by atoms with E-state index in [4.69, 9.17) is 10.2 Å². The van der Waals surface area contributed by atoms with Crippen molar-refractivity contribution >= 4 is 5.97 Å². The SMILES string of the molecule is O=C(O)C(O)NC1CCCCC1. The van der Waals surface area contributed by atoms with Crippen LogP contribution in [0.5, 0.6) is 0 Å². The van der Waals surface area contributed by atoms with Crippen LogP contribution in [0, 0.1) is 0 Å². The first-order chi connectivity index (χ1) is 5.70. The maximum Gasteiger partial charge on any atom is 0.347 e. The zero-order valence-corrected chi connectivity index (χ0v) is 6.99. The molecule has 4 heteroatoms. The Morgan fingerprint density at radius 1 is 1.33 bits per heavy atom. The second kappa shape index (κ2) is 4.42. The van der Waals surface area contributed by atoms with Gasteiger partial charge in [0.15, 0.2) is 0 Å². The molecule has 0 spiro atoms. The maximum absolute atomic E-state index is 10.3. The number of carboxylic acid groups (broad SMARTS) is 1. The van der Waals surface area contributed by atoms with Crippen molar-refractivity contribution < 1.29 is 15.0 Å². The van der Waals surface area contributed by atoms with Gasteiger partial charge in [0.2, 0.25) is 6.23 Å². The van der Waals surface area contributed by atoms with Crippen molar-refractivity contribution in [2.45, 2.75) is 44.4 Å². The standard InChI is InChI=1S/C8H15NO3/c10-7(8(11)12)9-6-4-2-1-3-5-6/h6-7,9-10H,1-5H2,(H,11,12). The van der Waals surface area contributed by atoms with E-state index in [9.17, 15) is 4.79 Å². The van der Waals surface area contributed by atoms with Crippen molar-refractivity contribution in [2.24, 2.45) is 0 Å². The molecule has 0 heterocycles. The molecule has 0 amide bonds. The predicted molar refractivity (Wildman–Crippen MR) is 43.7 cm³/mol. The molecule has 1 rings (SSSR count). The first-order valence-corrected chi connectivity index (χ1v) is 4.37. The lowest BCUT2D eigenvalue weighted by Crippen LogP contribution is -2.43. The topological polar surface area (TPSA) is 69.6 Å². The minimum atomic E-state index is -1.40. The molecule has 0 aromatic heterocycles. The fourth-order valence-electron chi connectivity index (χ4n) is 1.56. The molecule has 0 aliphatic heterocycles. The summed E-state index contributed by atoms with van der Waals surface area (Å²) in [6.45, 7) is 0. The van der Waals surface area contributed by atoms with Crippen LogP contribution >= 0.6 is 0 Å². The summed E-state index contributed by atoms with van der Waals surface area (Å²) in [5.74, 6) is -1.19. The summed E-state index contributed by atoms with van der Waals surface area (Å²) >= 11 is 0. The molecule has 0 aromatic carbocycles. The highest BCUT2D eigenvalue weighted by Gasteiger charge is 2.19. The van der Waals surface area contributed by atoms with Crippen LogP contribution in [0.4, 0.5) is 0 Å². The monoisotopic (exact) mass is 173 g/mol. The predicted octanol–water partition coefficient (Wildman–Crippen LogP) is 0.312. The summed E-state index contributed by atoms with van der Waals surface area (Å²) in [7, 11) is 0. The fraction of sp³-hybridized carbons (Fsp3) is 0.875. The van der Waals surface area contributed by atoms with Crippen molar-refractivity contribution in [1.29, 1.82) is 0 Å². The summed E-state index contributed by atoms with van der Waals surface area (Å²) in [6.07, 6.45) is 4.04. The van der Waals surface area contributed by atoms with Gasteiger partial charge in [0.25, 0.3) is 0 Å². The van der Waals surface area contributed by atoms with Crippen molar-refractivity contribution in [3.05, 3.63) is 0 Å². The highest BCUT2D eigenvalue weighted by atomic mass is 16.4. The van der Waals surface area contributed by atoms with E-state index < -0.39 is 12.2 Å². The van der Waals surface area contributed by atoms with E-state index >= 15 is 0 Å². The summed E-state index contributed by atoms with van der Waals surface area (Å²) in [5, 5.41) is 20.0. The molecule has 0 bridgehead atoms. The Labute approximate surface area is 71.6 Å². The van der Waals surface area contributed by atoms with Gasteiger partial charge in [-0.2, -0.15) is 0 Å². The van der Waals surface area contributed by atoms with Crippen LogP contribution in [0.1, 0.15) is 32.1 Å². The Bertz CT molecular complexity index is 154. The lowest BCUT2D eigenvalue weighted by atomic mass is 9.95. The van der Waals surface area contributed by atoms with Crippen LogP contribution in [0.2, 0.25) is 0 Å². The van der Waals surface area contributed by atoms with Crippen LogP contribution in [0.3, 0.4) is 0 Å². The van der Waals surface area contributed by atoms with E-state index in [2.05, 4.69) is 5.32 Å². The normalized spacial score (nSPS) is 22.1. The number of aliphatic carboxylic acids is 1. The first kappa shape index (κ1) is 9.48. The largest absolute Gasteiger partial charge is 0.478 e. The number of aliphatic hydroxyl groups is 1. The molecule has 1 fully saturated rings. The molecule has 1 atom stereocenters. The molecule has 4 nitrogen and oxygen atoms in total. The van der Waals surface area contributed by atoms with Crippen LogP contribution in [-0.4, -0.2) is 28.5 Å². The minimum absolute atomic E-state index is 0.185. The number of carboxylic acids is 1. The van der Waals surface area contributed by atoms with Gasteiger partial charge >= 0.3 is 5.97 Å². The summed E-state index contributed by atoms with van der Waals surface area (Å²) in [4.78, 5) is 10.3. The van der Waals surface area contributed by atoms with E-state index in [1.165, 1.54) is 6.42 Å². The smallest absolute Gasteiger partial charge is 0.347 e. The van der Waals surface area contributed by atoms with E-state index in [1.54, 1.807) is 0 Å². The van der Waals surface area contributed by atoms with Gasteiger partial charge in [-0.25, -0.2) is 4.79 Å². The Morgan fingerprint density at radius 2 is 1.92 bits per heavy atom. The highest BCUT2D eigenvalue weighted by Crippen LogP contribution is 2.17. The van der Waals surface area contributed by atoms with Gasteiger partial charge in [-0.05, 0) is 12.8 Å². The number of rotatable bonds is 3. The molecule has 12 heavy (non-hydrogen) atoms. The van der Waals surface area contributed by atoms with Gasteiger partial charge in [-0.15, -0.1) is 0 Å². The number of hydrogen-bond donors (Lipinski definition) is 3. The highest BCUT2D eigenvalue weighted by molar-refractivity contribution is 5.71. The molecule has 1 aliphatic carbocycles. The molecule has 0 saturated heterocycles. The Morgan fingerprint density at radius 3 is 2.42 bits per heavy atom. The van der Waals surface area contributed by atoms with E-state index in [-0.39, 0.29) is 6.04 Å².